The molecule has 2 N–H and O–H groups in total. The van der Waals surface area contributed by atoms with Gasteiger partial charge in [0.05, 0.1) is 12.0 Å². The molecule has 0 saturated carbocycles. The lowest BCUT2D eigenvalue weighted by atomic mass is 10.2. The van der Waals surface area contributed by atoms with Gasteiger partial charge in [-0.3, -0.25) is 14.6 Å². The Bertz CT molecular complexity index is 1000. The maximum atomic E-state index is 12.2. The summed E-state index contributed by atoms with van der Waals surface area (Å²) in [7, 11) is 0. The quantitative estimate of drug-likeness (QED) is 0.443. The van der Waals surface area contributed by atoms with E-state index in [0.717, 1.165) is 5.56 Å². The van der Waals surface area contributed by atoms with Crippen LogP contribution in [-0.2, 0) is 11.4 Å². The van der Waals surface area contributed by atoms with E-state index in [-0.39, 0.29) is 18.2 Å². The Hall–Kier alpha value is -4.00. The molecule has 0 spiro atoms. The fourth-order valence-corrected chi connectivity index (χ4v) is 2.56. The topological polar surface area (TPSA) is 92.7 Å². The van der Waals surface area contributed by atoms with Gasteiger partial charge in [-0.05, 0) is 48.9 Å². The molecule has 3 aromatic rings. The largest absolute Gasteiger partial charge is 0.489 e. The number of hydrazone groups is 1. The zero-order valence-corrected chi connectivity index (χ0v) is 16.5. The summed E-state index contributed by atoms with van der Waals surface area (Å²) in [6, 6.07) is 20.3. The van der Waals surface area contributed by atoms with E-state index >= 15 is 0 Å². The molecule has 1 heterocycles. The number of nitrogens with one attached hydrogen (secondary N) is 2. The van der Waals surface area contributed by atoms with Crippen LogP contribution in [0.15, 0.2) is 84.2 Å². The number of nitrogens with zero attached hydrogens (tertiary/aromatic N) is 2. The molecule has 3 rings (SSSR count). The fourth-order valence-electron chi connectivity index (χ4n) is 2.56. The molecular weight excluding hydrogens is 380 g/mol. The van der Waals surface area contributed by atoms with Crippen molar-refractivity contribution in [1.82, 2.24) is 10.4 Å². The van der Waals surface area contributed by atoms with Crippen molar-refractivity contribution in [2.24, 2.45) is 5.10 Å². The second-order valence-corrected chi connectivity index (χ2v) is 6.55. The van der Waals surface area contributed by atoms with E-state index in [4.69, 9.17) is 4.74 Å². The van der Waals surface area contributed by atoms with E-state index in [9.17, 15) is 9.59 Å². The van der Waals surface area contributed by atoms with Crippen LogP contribution >= 0.6 is 0 Å². The highest BCUT2D eigenvalue weighted by atomic mass is 16.5. The Morgan fingerprint density at radius 2 is 1.77 bits per heavy atom. The van der Waals surface area contributed by atoms with Gasteiger partial charge in [0.25, 0.3) is 5.91 Å². The molecule has 0 saturated heterocycles. The Morgan fingerprint density at radius 3 is 2.47 bits per heavy atom. The van der Waals surface area contributed by atoms with Crippen LogP contribution in [0.2, 0.25) is 0 Å². The molecule has 2 amide bonds. The number of pyridine rings is 1. The Morgan fingerprint density at radius 1 is 1.00 bits per heavy atom. The molecule has 2 aromatic carbocycles. The molecule has 0 bridgehead atoms. The number of hydrogen-bond acceptors (Lipinski definition) is 5. The number of hydrogen-bond donors (Lipinski definition) is 2. The standard InChI is InChI=1S/C23H22N4O3/c1-17(26-27-23(29)19-8-5-13-24-15-19)14-22(28)25-20-9-11-21(12-10-20)30-16-18-6-3-2-4-7-18/h2-13,15H,14,16H2,1H3,(H,25,28)(H,27,29)/b26-17-. The van der Waals surface area contributed by atoms with Crippen LogP contribution < -0.4 is 15.5 Å². The summed E-state index contributed by atoms with van der Waals surface area (Å²) >= 11 is 0. The van der Waals surface area contributed by atoms with Crippen molar-refractivity contribution in [3.63, 3.8) is 0 Å². The van der Waals surface area contributed by atoms with Gasteiger partial charge in [-0.15, -0.1) is 0 Å². The maximum Gasteiger partial charge on any atom is 0.272 e. The van der Waals surface area contributed by atoms with Crippen LogP contribution in [0.5, 0.6) is 5.75 Å². The van der Waals surface area contributed by atoms with Crippen LogP contribution in [0.1, 0.15) is 29.3 Å². The SMILES string of the molecule is C/C(CC(=O)Nc1ccc(OCc2ccccc2)cc1)=N/NC(=O)c1cccnc1. The number of carbonyl (C=O) groups excluding carboxylic acids is 2. The molecule has 0 aliphatic heterocycles. The fraction of sp³-hybridized carbons (Fsp3) is 0.130. The van der Waals surface area contributed by atoms with E-state index in [1.165, 1.54) is 6.20 Å². The highest BCUT2D eigenvalue weighted by molar-refractivity contribution is 6.06. The average Bonchev–Trinajstić information content (AvgIpc) is 2.78. The predicted molar refractivity (Wildman–Crippen MR) is 115 cm³/mol. The molecule has 30 heavy (non-hydrogen) atoms. The van der Waals surface area contributed by atoms with Gasteiger partial charge in [-0.1, -0.05) is 30.3 Å². The van der Waals surface area contributed by atoms with Crippen molar-refractivity contribution < 1.29 is 14.3 Å². The van der Waals surface area contributed by atoms with Crippen molar-refractivity contribution >= 4 is 23.2 Å². The van der Waals surface area contributed by atoms with Gasteiger partial charge >= 0.3 is 0 Å². The van der Waals surface area contributed by atoms with Gasteiger partial charge in [-0.2, -0.15) is 5.10 Å². The van der Waals surface area contributed by atoms with E-state index < -0.39 is 0 Å². The van der Waals surface area contributed by atoms with E-state index in [0.29, 0.717) is 29.3 Å². The zero-order valence-electron chi connectivity index (χ0n) is 16.5. The van der Waals surface area contributed by atoms with Gasteiger partial charge in [0.2, 0.25) is 5.91 Å². The number of ether oxygens (including phenoxy) is 1. The van der Waals surface area contributed by atoms with Crippen molar-refractivity contribution in [1.29, 1.82) is 0 Å². The number of anilines is 1. The molecule has 0 atom stereocenters. The smallest absolute Gasteiger partial charge is 0.272 e. The summed E-state index contributed by atoms with van der Waals surface area (Å²) in [4.78, 5) is 28.0. The first-order valence-electron chi connectivity index (χ1n) is 9.40. The van der Waals surface area contributed by atoms with Crippen LogP contribution in [0, 0.1) is 0 Å². The minimum absolute atomic E-state index is 0.0551. The molecule has 0 aliphatic carbocycles. The Labute approximate surface area is 174 Å². The molecule has 7 heteroatoms. The number of amides is 2. The van der Waals surface area contributed by atoms with Gasteiger partial charge in [-0.25, -0.2) is 5.43 Å². The molecule has 0 fully saturated rings. The summed E-state index contributed by atoms with van der Waals surface area (Å²) in [6.45, 7) is 2.15. The maximum absolute atomic E-state index is 12.2. The molecular formula is C23H22N4O3. The first-order chi connectivity index (χ1) is 14.6. The zero-order chi connectivity index (χ0) is 21.2. The minimum Gasteiger partial charge on any atom is -0.489 e. The normalized spacial score (nSPS) is 10.9. The van der Waals surface area contributed by atoms with Crippen molar-refractivity contribution in [2.75, 3.05) is 5.32 Å². The predicted octanol–water partition coefficient (Wildman–Crippen LogP) is 3.80. The lowest BCUT2D eigenvalue weighted by molar-refractivity contribution is -0.115. The minimum atomic E-state index is -0.381. The number of rotatable bonds is 8. The summed E-state index contributed by atoms with van der Waals surface area (Å²) in [6.07, 6.45) is 3.08. The van der Waals surface area contributed by atoms with Gasteiger partial charge < -0.3 is 10.1 Å². The second kappa shape index (κ2) is 10.5. The van der Waals surface area contributed by atoms with Gasteiger partial charge in [0.15, 0.2) is 0 Å². The third kappa shape index (κ3) is 6.56. The number of carbonyl (C=O) groups is 2. The third-order valence-electron chi connectivity index (χ3n) is 4.07. The van der Waals surface area contributed by atoms with Crippen LogP contribution in [0.3, 0.4) is 0 Å². The van der Waals surface area contributed by atoms with Crippen molar-refractivity contribution in [2.45, 2.75) is 20.0 Å². The number of aromatic nitrogens is 1. The van der Waals surface area contributed by atoms with Crippen molar-refractivity contribution in [3.05, 3.63) is 90.3 Å². The van der Waals surface area contributed by atoms with Gasteiger partial charge in [0, 0.05) is 23.8 Å². The van der Waals surface area contributed by atoms with Crippen LogP contribution in [0.25, 0.3) is 0 Å². The van der Waals surface area contributed by atoms with E-state index in [1.807, 2.05) is 30.3 Å². The Balaban J connectivity index is 1.45. The summed E-state index contributed by atoms with van der Waals surface area (Å²) < 4.78 is 5.73. The average molecular weight is 402 g/mol. The first-order valence-corrected chi connectivity index (χ1v) is 9.40. The van der Waals surface area contributed by atoms with Crippen LogP contribution in [-0.4, -0.2) is 22.5 Å². The first kappa shape index (κ1) is 20.7. The molecule has 152 valence electrons. The summed E-state index contributed by atoms with van der Waals surface area (Å²) in [5, 5.41) is 6.75. The third-order valence-corrected chi connectivity index (χ3v) is 4.07. The summed E-state index contributed by atoms with van der Waals surface area (Å²) in [5.41, 5.74) is 5.03. The monoisotopic (exact) mass is 402 g/mol. The Kier molecular flexibility index (Phi) is 7.27. The highest BCUT2D eigenvalue weighted by Gasteiger charge is 2.07. The van der Waals surface area contributed by atoms with E-state index in [1.54, 1.807) is 49.5 Å². The van der Waals surface area contributed by atoms with Crippen LogP contribution in [0.4, 0.5) is 5.69 Å². The van der Waals surface area contributed by atoms with Gasteiger partial charge in [0.1, 0.15) is 12.4 Å². The molecule has 0 unspecified atom stereocenters. The highest BCUT2D eigenvalue weighted by Crippen LogP contribution is 2.17. The number of benzene rings is 2. The molecule has 0 radical (unpaired) electrons. The van der Waals surface area contributed by atoms with E-state index in [2.05, 4.69) is 20.8 Å². The second-order valence-electron chi connectivity index (χ2n) is 6.55. The lowest BCUT2D eigenvalue weighted by Crippen LogP contribution is -2.21. The molecule has 0 aliphatic rings. The molecule has 1 aromatic heterocycles. The lowest BCUT2D eigenvalue weighted by Gasteiger charge is -2.09. The van der Waals surface area contributed by atoms with Crippen molar-refractivity contribution in [3.8, 4) is 5.75 Å². The summed E-state index contributed by atoms with van der Waals surface area (Å²) in [5.74, 6) is 0.103. The molecule has 7 nitrogen and oxygen atoms in total.